The van der Waals surface area contributed by atoms with Crippen molar-refractivity contribution in [3.8, 4) is 0 Å². The average Bonchev–Trinajstić information content (AvgIpc) is 2.46. The molecule has 0 unspecified atom stereocenters. The van der Waals surface area contributed by atoms with Crippen LogP contribution >= 0.6 is 0 Å². The Balaban J connectivity index is 2.07. The summed E-state index contributed by atoms with van der Waals surface area (Å²) in [7, 11) is 0. The van der Waals surface area contributed by atoms with Crippen LogP contribution in [0.4, 0.5) is 11.5 Å². The van der Waals surface area contributed by atoms with Crippen molar-refractivity contribution >= 4 is 17.5 Å². The molecule has 2 N–H and O–H groups in total. The summed E-state index contributed by atoms with van der Waals surface area (Å²) in [5.41, 5.74) is 3.01. The summed E-state index contributed by atoms with van der Waals surface area (Å²) < 4.78 is 0. The second kappa shape index (κ2) is 6.88. The minimum atomic E-state index is -0.952. The van der Waals surface area contributed by atoms with E-state index in [1.807, 2.05) is 12.1 Å². The lowest BCUT2D eigenvalue weighted by molar-refractivity contribution is 0.0695. The summed E-state index contributed by atoms with van der Waals surface area (Å²) in [6.45, 7) is 3.88. The third kappa shape index (κ3) is 4.05. The SMILES string of the molecule is CCCCc1ccc(Nc2ccc(C(=O)O)c(C)n2)cc1. The van der Waals surface area contributed by atoms with Gasteiger partial charge in [-0.1, -0.05) is 25.5 Å². The van der Waals surface area contributed by atoms with E-state index < -0.39 is 5.97 Å². The van der Waals surface area contributed by atoms with Gasteiger partial charge in [0.05, 0.1) is 11.3 Å². The molecule has 0 aliphatic heterocycles. The van der Waals surface area contributed by atoms with Crippen molar-refractivity contribution < 1.29 is 9.90 Å². The Morgan fingerprint density at radius 2 is 1.90 bits per heavy atom. The van der Waals surface area contributed by atoms with Gasteiger partial charge in [0.25, 0.3) is 0 Å². The highest BCUT2D eigenvalue weighted by atomic mass is 16.4. The molecular formula is C17H20N2O2. The van der Waals surface area contributed by atoms with Crippen molar-refractivity contribution in [3.63, 3.8) is 0 Å². The summed E-state index contributed by atoms with van der Waals surface area (Å²) in [5, 5.41) is 12.2. The number of nitrogens with zero attached hydrogens (tertiary/aromatic N) is 1. The fraction of sp³-hybridized carbons (Fsp3) is 0.294. The Morgan fingerprint density at radius 3 is 2.48 bits per heavy atom. The predicted octanol–water partition coefficient (Wildman–Crippen LogP) is 4.17. The third-order valence-electron chi connectivity index (χ3n) is 3.36. The Kier molecular flexibility index (Phi) is 4.93. The maximum absolute atomic E-state index is 11.0. The minimum Gasteiger partial charge on any atom is -0.478 e. The largest absolute Gasteiger partial charge is 0.478 e. The van der Waals surface area contributed by atoms with Gasteiger partial charge in [-0.3, -0.25) is 0 Å². The standard InChI is InChI=1S/C17H20N2O2/c1-3-4-5-13-6-8-14(9-7-13)19-16-11-10-15(17(20)21)12(2)18-16/h6-11H,3-5H2,1-2H3,(H,18,19)(H,20,21). The van der Waals surface area contributed by atoms with Crippen LogP contribution in [0.25, 0.3) is 0 Å². The van der Waals surface area contributed by atoms with Crippen LogP contribution in [0.3, 0.4) is 0 Å². The number of aromatic carboxylic acids is 1. The fourth-order valence-electron chi connectivity index (χ4n) is 2.14. The second-order valence-corrected chi connectivity index (χ2v) is 5.06. The Bertz CT molecular complexity index is 621. The van der Waals surface area contributed by atoms with Gasteiger partial charge >= 0.3 is 5.97 Å². The number of hydrogen-bond donors (Lipinski definition) is 2. The van der Waals surface area contributed by atoms with E-state index in [1.165, 1.54) is 18.4 Å². The van der Waals surface area contributed by atoms with Gasteiger partial charge in [0, 0.05) is 5.69 Å². The molecule has 0 fully saturated rings. The number of aromatic nitrogens is 1. The molecule has 1 aromatic heterocycles. The Hall–Kier alpha value is -2.36. The number of pyridine rings is 1. The van der Waals surface area contributed by atoms with E-state index in [1.54, 1.807) is 19.1 Å². The first kappa shape index (κ1) is 15.0. The molecule has 0 amide bonds. The first-order chi connectivity index (χ1) is 10.1. The molecule has 1 heterocycles. The first-order valence-electron chi connectivity index (χ1n) is 7.17. The number of hydrogen-bond acceptors (Lipinski definition) is 3. The normalized spacial score (nSPS) is 10.4. The number of rotatable bonds is 6. The lowest BCUT2D eigenvalue weighted by Gasteiger charge is -2.08. The third-order valence-corrected chi connectivity index (χ3v) is 3.36. The quantitative estimate of drug-likeness (QED) is 0.835. The van der Waals surface area contributed by atoms with Crippen molar-refractivity contribution in [2.75, 3.05) is 5.32 Å². The van der Waals surface area contributed by atoms with Gasteiger partial charge < -0.3 is 10.4 Å². The first-order valence-corrected chi connectivity index (χ1v) is 7.17. The van der Waals surface area contributed by atoms with E-state index in [0.717, 1.165) is 12.1 Å². The van der Waals surface area contributed by atoms with Gasteiger partial charge in [-0.25, -0.2) is 9.78 Å². The molecule has 0 atom stereocenters. The van der Waals surface area contributed by atoms with Crippen LogP contribution in [0, 0.1) is 6.92 Å². The number of benzene rings is 1. The molecule has 4 nitrogen and oxygen atoms in total. The van der Waals surface area contributed by atoms with E-state index in [0.29, 0.717) is 11.5 Å². The Morgan fingerprint density at radius 1 is 1.19 bits per heavy atom. The molecule has 0 aliphatic rings. The molecule has 0 spiro atoms. The molecule has 1 aromatic carbocycles. The zero-order valence-corrected chi connectivity index (χ0v) is 12.4. The van der Waals surface area contributed by atoms with Crippen LogP contribution in [0.5, 0.6) is 0 Å². The topological polar surface area (TPSA) is 62.2 Å². The van der Waals surface area contributed by atoms with Crippen LogP contribution in [0.1, 0.15) is 41.4 Å². The molecule has 0 bridgehead atoms. The van der Waals surface area contributed by atoms with E-state index in [2.05, 4.69) is 29.4 Å². The van der Waals surface area contributed by atoms with Crippen molar-refractivity contribution in [1.29, 1.82) is 0 Å². The summed E-state index contributed by atoms with van der Waals surface area (Å²) in [5.74, 6) is -0.300. The van der Waals surface area contributed by atoms with Gasteiger partial charge in [0.2, 0.25) is 0 Å². The number of carbonyl (C=O) groups is 1. The summed E-state index contributed by atoms with van der Waals surface area (Å²) in [6, 6.07) is 11.5. The summed E-state index contributed by atoms with van der Waals surface area (Å²) in [4.78, 5) is 15.2. The van der Waals surface area contributed by atoms with Crippen molar-refractivity contribution in [1.82, 2.24) is 4.98 Å². The van der Waals surface area contributed by atoms with Crippen molar-refractivity contribution in [2.24, 2.45) is 0 Å². The van der Waals surface area contributed by atoms with Gasteiger partial charge in [-0.15, -0.1) is 0 Å². The van der Waals surface area contributed by atoms with Crippen molar-refractivity contribution in [3.05, 3.63) is 53.2 Å². The van der Waals surface area contributed by atoms with E-state index in [4.69, 9.17) is 5.11 Å². The highest BCUT2D eigenvalue weighted by molar-refractivity contribution is 5.89. The number of carboxylic acids is 1. The number of aryl methyl sites for hydroxylation is 2. The lowest BCUT2D eigenvalue weighted by atomic mass is 10.1. The average molecular weight is 284 g/mol. The number of carboxylic acid groups (broad SMARTS) is 1. The molecular weight excluding hydrogens is 264 g/mol. The Labute approximate surface area is 124 Å². The van der Waals surface area contributed by atoms with Gasteiger partial charge in [-0.2, -0.15) is 0 Å². The molecule has 110 valence electrons. The van der Waals surface area contributed by atoms with Crippen LogP contribution in [0.15, 0.2) is 36.4 Å². The molecule has 0 aliphatic carbocycles. The van der Waals surface area contributed by atoms with Crippen LogP contribution in [-0.4, -0.2) is 16.1 Å². The maximum Gasteiger partial charge on any atom is 0.337 e. The van der Waals surface area contributed by atoms with Crippen LogP contribution in [0.2, 0.25) is 0 Å². The number of nitrogens with one attached hydrogen (secondary N) is 1. The van der Waals surface area contributed by atoms with E-state index in [9.17, 15) is 4.79 Å². The smallest absolute Gasteiger partial charge is 0.337 e. The highest BCUT2D eigenvalue weighted by Crippen LogP contribution is 2.18. The van der Waals surface area contributed by atoms with Gasteiger partial charge in [-0.05, 0) is 49.6 Å². The predicted molar refractivity (Wildman–Crippen MR) is 84.3 cm³/mol. The van der Waals surface area contributed by atoms with Gasteiger partial charge in [0.15, 0.2) is 0 Å². The molecule has 2 aromatic rings. The molecule has 0 radical (unpaired) electrons. The van der Waals surface area contributed by atoms with Crippen LogP contribution < -0.4 is 5.32 Å². The van der Waals surface area contributed by atoms with Crippen molar-refractivity contribution in [2.45, 2.75) is 33.1 Å². The van der Waals surface area contributed by atoms with E-state index >= 15 is 0 Å². The molecule has 4 heteroatoms. The maximum atomic E-state index is 11.0. The lowest BCUT2D eigenvalue weighted by Crippen LogP contribution is -2.03. The molecule has 2 rings (SSSR count). The minimum absolute atomic E-state index is 0.232. The fourth-order valence-corrected chi connectivity index (χ4v) is 2.14. The molecule has 21 heavy (non-hydrogen) atoms. The molecule has 0 saturated carbocycles. The second-order valence-electron chi connectivity index (χ2n) is 5.06. The number of unbranched alkanes of at least 4 members (excludes halogenated alkanes) is 1. The molecule has 0 saturated heterocycles. The van der Waals surface area contributed by atoms with E-state index in [-0.39, 0.29) is 5.56 Å². The van der Waals surface area contributed by atoms with Gasteiger partial charge in [0.1, 0.15) is 5.82 Å². The zero-order valence-electron chi connectivity index (χ0n) is 12.4. The summed E-state index contributed by atoms with van der Waals surface area (Å²) in [6.07, 6.45) is 3.49. The monoisotopic (exact) mass is 284 g/mol. The highest BCUT2D eigenvalue weighted by Gasteiger charge is 2.08. The summed E-state index contributed by atoms with van der Waals surface area (Å²) >= 11 is 0. The number of anilines is 2. The zero-order chi connectivity index (χ0) is 15.2. The van der Waals surface area contributed by atoms with Crippen LogP contribution in [-0.2, 0) is 6.42 Å².